The minimum Gasteiger partial charge on any atom is -0.336 e. The Labute approximate surface area is 404 Å². The second kappa shape index (κ2) is 20.2. The molecule has 0 spiro atoms. The predicted molar refractivity (Wildman–Crippen MR) is 252 cm³/mol. The van der Waals surface area contributed by atoms with E-state index in [2.05, 4.69) is 51.0 Å². The Hall–Kier alpha value is -7.87. The van der Waals surface area contributed by atoms with Gasteiger partial charge in [-0.05, 0) is 154 Å². The fourth-order valence-corrected chi connectivity index (χ4v) is 8.84. The van der Waals surface area contributed by atoms with Crippen molar-refractivity contribution in [3.63, 3.8) is 0 Å². The summed E-state index contributed by atoms with van der Waals surface area (Å²) in [6, 6.07) is 15.9. The first-order chi connectivity index (χ1) is 33.8. The number of pyridine rings is 2. The number of aromatic nitrogens is 8. The molecular formula is C49H50F4N14O4. The molecule has 2 N–H and O–H groups in total. The Balaban J connectivity index is 0.000000192. The molecule has 4 atom stereocenters. The number of hydrogen-bond acceptors (Lipinski definition) is 10. The van der Waals surface area contributed by atoms with Crippen LogP contribution in [0.1, 0.15) is 120 Å². The highest BCUT2D eigenvalue weighted by Crippen LogP contribution is 2.52. The third-order valence-corrected chi connectivity index (χ3v) is 12.8. The Bertz CT molecular complexity index is 3090. The summed E-state index contributed by atoms with van der Waals surface area (Å²) in [5.74, 6) is -5.44. The molecule has 22 heteroatoms. The van der Waals surface area contributed by atoms with E-state index in [-0.39, 0.29) is 77.9 Å². The fourth-order valence-electron chi connectivity index (χ4n) is 8.84. The Morgan fingerprint density at radius 1 is 0.775 bits per heavy atom. The quantitative estimate of drug-likeness (QED) is 0.0481. The average molecular weight is 975 g/mol. The SMILES string of the molecule is Cc1cc(F)c(C(=O)Nc2cccc(-c3nncn3C(C)C)n2)cc1C1CC1C(=O)N=[N+]=[N-].Cc1cc(F)c(C(=O)Nc2cccc(-c3nncn3C(C)C)n2)cc1C1CC1CC(=O)N1CCC(F)(F)C1. The van der Waals surface area contributed by atoms with Crippen LogP contribution in [0.15, 0.2) is 78.4 Å². The van der Waals surface area contributed by atoms with E-state index in [1.807, 2.05) is 36.8 Å². The summed E-state index contributed by atoms with van der Waals surface area (Å²) >= 11 is 0. The van der Waals surface area contributed by atoms with E-state index in [9.17, 15) is 36.7 Å². The van der Waals surface area contributed by atoms with Gasteiger partial charge in [0.2, 0.25) is 11.8 Å². The average Bonchev–Trinajstić information content (AvgIpc) is 4.05. The third-order valence-electron chi connectivity index (χ3n) is 12.8. The van der Waals surface area contributed by atoms with Crippen LogP contribution >= 0.6 is 0 Å². The smallest absolute Gasteiger partial charge is 0.267 e. The standard InChI is InChI=1S/C27H29F3N6O2.C22H21FN8O2/c1-15(2)36-14-31-34-25(36)22-5-4-6-23(32-22)33-26(38)20-12-18(16(3)9-21(20)28)19-10-17(19)11-24(37)35-8-7-27(29,30)13-35;1-11(2)31-10-25-28-20(31)18-5-4-6-19(26-18)27-21(32)16-8-13(12(3)7-17(16)23)14-9-15(14)22(33)29-30-24/h4-6,9,12,14-15,17,19H,7-8,10-11,13H2,1-3H3,(H,32,33,38);4-8,10-11,14-15H,9H2,1-3H3,(H,26,27,32). The largest absolute Gasteiger partial charge is 0.336 e. The van der Waals surface area contributed by atoms with Gasteiger partial charge in [0, 0.05) is 42.3 Å². The summed E-state index contributed by atoms with van der Waals surface area (Å²) in [5, 5.41) is 24.5. The molecule has 6 aromatic rings. The molecule has 4 unspecified atom stereocenters. The van der Waals surface area contributed by atoms with Gasteiger partial charge in [0.1, 0.15) is 47.3 Å². The maximum absolute atomic E-state index is 14.9. The number of alkyl halides is 2. The topological polar surface area (TPSA) is 232 Å². The summed E-state index contributed by atoms with van der Waals surface area (Å²) in [5.41, 5.74) is 12.0. The number of likely N-dealkylation sites (tertiary alicyclic amines) is 1. The number of nitrogens with one attached hydrogen (secondary N) is 2. The Morgan fingerprint density at radius 2 is 1.28 bits per heavy atom. The van der Waals surface area contributed by atoms with E-state index in [0.29, 0.717) is 52.6 Å². The van der Waals surface area contributed by atoms with Gasteiger partial charge in [-0.25, -0.2) is 27.5 Å². The summed E-state index contributed by atoms with van der Waals surface area (Å²) in [7, 11) is 0. The van der Waals surface area contributed by atoms with Crippen LogP contribution < -0.4 is 10.6 Å². The fraction of sp³-hybridized carbons (Fsp3) is 0.388. The van der Waals surface area contributed by atoms with Gasteiger partial charge in [-0.3, -0.25) is 19.2 Å². The maximum Gasteiger partial charge on any atom is 0.267 e. The molecule has 4 amide bonds. The zero-order valence-electron chi connectivity index (χ0n) is 39.6. The number of hydrogen-bond donors (Lipinski definition) is 2. The molecule has 4 aromatic heterocycles. The first kappa shape index (κ1) is 49.5. The molecule has 2 aliphatic carbocycles. The minimum atomic E-state index is -2.82. The van der Waals surface area contributed by atoms with E-state index in [1.54, 1.807) is 62.9 Å². The molecule has 9 rings (SSSR count). The number of benzene rings is 2. The minimum absolute atomic E-state index is 0.0200. The maximum atomic E-state index is 14.9. The lowest BCUT2D eigenvalue weighted by Gasteiger charge is -2.16. The van der Waals surface area contributed by atoms with Crippen molar-refractivity contribution in [2.75, 3.05) is 23.7 Å². The van der Waals surface area contributed by atoms with E-state index in [0.717, 1.165) is 5.56 Å². The monoisotopic (exact) mass is 974 g/mol. The van der Waals surface area contributed by atoms with Crippen molar-refractivity contribution in [2.45, 2.75) is 97.1 Å². The van der Waals surface area contributed by atoms with Crippen molar-refractivity contribution in [1.82, 2.24) is 44.4 Å². The molecule has 1 aliphatic heterocycles. The molecule has 71 heavy (non-hydrogen) atoms. The summed E-state index contributed by atoms with van der Waals surface area (Å²) in [6.07, 6.45) is 4.24. The van der Waals surface area contributed by atoms with Gasteiger partial charge in [0.05, 0.1) is 17.7 Å². The van der Waals surface area contributed by atoms with Crippen LogP contribution in [0.25, 0.3) is 33.5 Å². The molecule has 3 fully saturated rings. The van der Waals surface area contributed by atoms with Gasteiger partial charge < -0.3 is 24.7 Å². The third kappa shape index (κ3) is 11.1. The lowest BCUT2D eigenvalue weighted by Crippen LogP contribution is -2.31. The first-order valence-electron chi connectivity index (χ1n) is 23.0. The first-order valence-corrected chi connectivity index (χ1v) is 23.0. The lowest BCUT2D eigenvalue weighted by atomic mass is 9.98. The number of aryl methyl sites for hydroxylation is 2. The number of rotatable bonds is 13. The molecule has 0 radical (unpaired) electrons. The van der Waals surface area contributed by atoms with Gasteiger partial charge in [0.15, 0.2) is 11.6 Å². The van der Waals surface area contributed by atoms with E-state index < -0.39 is 47.7 Å². The van der Waals surface area contributed by atoms with Crippen molar-refractivity contribution in [2.24, 2.45) is 17.0 Å². The van der Waals surface area contributed by atoms with E-state index >= 15 is 0 Å². The van der Waals surface area contributed by atoms with Crippen molar-refractivity contribution in [1.29, 1.82) is 0 Å². The zero-order valence-corrected chi connectivity index (χ0v) is 39.6. The zero-order chi connectivity index (χ0) is 50.9. The number of amides is 4. The van der Waals surface area contributed by atoms with Gasteiger partial charge in [-0.1, -0.05) is 12.1 Å². The molecule has 5 heterocycles. The number of anilines is 2. The van der Waals surface area contributed by atoms with Gasteiger partial charge >= 0.3 is 0 Å². The van der Waals surface area contributed by atoms with Crippen LogP contribution in [0.2, 0.25) is 0 Å². The molecule has 2 aromatic carbocycles. The predicted octanol–water partition coefficient (Wildman–Crippen LogP) is 9.54. The van der Waals surface area contributed by atoms with E-state index in [1.165, 1.54) is 29.2 Å². The number of halogens is 4. The van der Waals surface area contributed by atoms with Gasteiger partial charge in [-0.15, -0.1) is 20.4 Å². The number of carbonyl (C=O) groups excluding carboxylic acids is 4. The van der Waals surface area contributed by atoms with Crippen molar-refractivity contribution < 1.29 is 36.7 Å². The highest BCUT2D eigenvalue weighted by molar-refractivity contribution is 6.05. The molecule has 0 bridgehead atoms. The van der Waals surface area contributed by atoms with Crippen LogP contribution in [0.3, 0.4) is 0 Å². The number of nitrogens with zero attached hydrogens (tertiary/aromatic N) is 12. The summed E-state index contributed by atoms with van der Waals surface area (Å²) < 4.78 is 60.2. The second-order valence-electron chi connectivity index (χ2n) is 18.6. The number of carbonyl (C=O) groups is 4. The van der Waals surface area contributed by atoms with Gasteiger partial charge in [-0.2, -0.15) is 0 Å². The van der Waals surface area contributed by atoms with Crippen LogP contribution in [0.4, 0.5) is 29.2 Å². The molecule has 3 aliphatic rings. The van der Waals surface area contributed by atoms with Crippen molar-refractivity contribution in [3.05, 3.63) is 129 Å². The van der Waals surface area contributed by atoms with Crippen molar-refractivity contribution >= 4 is 35.3 Å². The van der Waals surface area contributed by atoms with Crippen molar-refractivity contribution in [3.8, 4) is 23.0 Å². The highest BCUT2D eigenvalue weighted by atomic mass is 19.3. The van der Waals surface area contributed by atoms with Gasteiger partial charge in [0.25, 0.3) is 17.7 Å². The highest BCUT2D eigenvalue weighted by Gasteiger charge is 2.46. The van der Waals surface area contributed by atoms with Crippen LogP contribution in [0.5, 0.6) is 0 Å². The van der Waals surface area contributed by atoms with Crippen LogP contribution in [0, 0.1) is 37.3 Å². The molecule has 368 valence electrons. The molecule has 2 saturated carbocycles. The lowest BCUT2D eigenvalue weighted by molar-refractivity contribution is -0.132. The Kier molecular flexibility index (Phi) is 14.1. The molecule has 1 saturated heterocycles. The van der Waals surface area contributed by atoms with Crippen LogP contribution in [-0.4, -0.2) is 87.0 Å². The number of azide groups is 1. The van der Waals surface area contributed by atoms with Crippen LogP contribution in [-0.2, 0) is 9.59 Å². The molecule has 18 nitrogen and oxygen atoms in total. The molecular weight excluding hydrogens is 925 g/mol. The van der Waals surface area contributed by atoms with E-state index in [4.69, 9.17) is 5.53 Å². The normalized spacial score (nSPS) is 18.6. The Morgan fingerprint density at radius 3 is 1.75 bits per heavy atom. The summed E-state index contributed by atoms with van der Waals surface area (Å²) in [4.78, 5) is 62.9. The second-order valence-corrected chi connectivity index (χ2v) is 18.6. The summed E-state index contributed by atoms with van der Waals surface area (Å²) in [6.45, 7) is 10.9.